The van der Waals surface area contributed by atoms with E-state index in [4.69, 9.17) is 0 Å². The maximum absolute atomic E-state index is 9.61. The molecule has 0 aliphatic heterocycles. The first kappa shape index (κ1) is 7.00. The van der Waals surface area contributed by atoms with Crippen molar-refractivity contribution < 1.29 is 8.76 Å². The van der Waals surface area contributed by atoms with Crippen LogP contribution in [0.4, 0.5) is 0 Å². The molecule has 0 spiro atoms. The molecule has 0 aromatic carbocycles. The normalized spacial score (nSPS) is 12.9. The third-order valence-corrected chi connectivity index (χ3v) is 0.931. The van der Waals surface area contributed by atoms with E-state index in [9.17, 15) is 8.76 Å². The van der Waals surface area contributed by atoms with Crippen molar-refractivity contribution in [3.8, 4) is 0 Å². The van der Waals surface area contributed by atoms with Gasteiger partial charge in [-0.2, -0.15) is 0 Å². The summed E-state index contributed by atoms with van der Waals surface area (Å²) in [6, 6.07) is 0. The van der Waals surface area contributed by atoms with Crippen molar-refractivity contribution in [2.24, 2.45) is 0 Å². The van der Waals surface area contributed by atoms with Crippen molar-refractivity contribution in [2.45, 2.75) is 6.92 Å². The second-order valence-corrected chi connectivity index (χ2v) is 2.18. The Kier molecular flexibility index (Phi) is 3.06. The zero-order chi connectivity index (χ0) is 5.86. The van der Waals surface area contributed by atoms with E-state index >= 15 is 0 Å². The molecule has 0 heterocycles. The number of hydrogen-bond donors (Lipinski definition) is 1. The maximum Gasteiger partial charge on any atom is 0.0830 e. The highest BCUT2D eigenvalue weighted by Crippen LogP contribution is 1.66. The molecular weight excluding hydrogens is 134 g/mol. The van der Waals surface area contributed by atoms with E-state index in [-0.39, 0.29) is 4.99 Å². The Morgan fingerprint density at radius 1 is 2.00 bits per heavy atom. The summed E-state index contributed by atoms with van der Waals surface area (Å²) in [6.07, 6.45) is 0. The summed E-state index contributed by atoms with van der Waals surface area (Å²) in [4.78, 5) is 0.258. The second-order valence-electron chi connectivity index (χ2n) is 0.893. The fourth-order valence-electron chi connectivity index (χ4n) is 0.117. The lowest BCUT2D eigenvalue weighted by molar-refractivity contribution is 0.533. The minimum absolute atomic E-state index is 0.258. The number of rotatable bonds is 1. The molecule has 0 aromatic heterocycles. The molecule has 5 heteroatoms. The fraction of sp³-hybridized carbons (Fsp3) is 0.500. The third-order valence-electron chi connectivity index (χ3n) is 0.227. The number of nitrogens with one attached hydrogen (secondary N) is 1. The molecular formula is C2H4NO2S2-. The minimum Gasteiger partial charge on any atom is -0.755 e. The molecule has 1 unspecified atom stereocenters. The largest absolute Gasteiger partial charge is 0.755 e. The van der Waals surface area contributed by atoms with E-state index in [0.717, 1.165) is 0 Å². The molecule has 0 fully saturated rings. The van der Waals surface area contributed by atoms with Gasteiger partial charge in [0, 0.05) is 11.3 Å². The average molecular weight is 138 g/mol. The van der Waals surface area contributed by atoms with Crippen molar-refractivity contribution >= 4 is 28.5 Å². The van der Waals surface area contributed by atoms with Gasteiger partial charge in [0.1, 0.15) is 0 Å². The molecule has 1 atom stereocenters. The highest BCUT2D eigenvalue weighted by molar-refractivity contribution is 7.83. The molecule has 0 bridgehead atoms. The Labute approximate surface area is 49.5 Å². The van der Waals surface area contributed by atoms with E-state index in [1.807, 2.05) is 4.72 Å². The van der Waals surface area contributed by atoms with Crippen LogP contribution in [0.25, 0.3) is 0 Å². The number of thiocarbonyl (C=S) groups is 1. The zero-order valence-electron chi connectivity index (χ0n) is 3.63. The van der Waals surface area contributed by atoms with Crippen molar-refractivity contribution in [2.75, 3.05) is 0 Å². The molecule has 1 N–H and O–H groups in total. The van der Waals surface area contributed by atoms with Gasteiger partial charge in [-0.1, -0.05) is 12.2 Å². The van der Waals surface area contributed by atoms with Gasteiger partial charge in [0.15, 0.2) is 0 Å². The van der Waals surface area contributed by atoms with Crippen LogP contribution in [-0.2, 0) is 11.3 Å². The van der Waals surface area contributed by atoms with Gasteiger partial charge in [0.25, 0.3) is 0 Å². The molecule has 0 amide bonds. The van der Waals surface area contributed by atoms with Crippen LogP contribution >= 0.6 is 12.2 Å². The molecule has 0 radical (unpaired) electrons. The molecule has 0 saturated carbocycles. The standard InChI is InChI=1S/C2H5NO2S2/c1-2(6)3-7(4)5/h1H3,(H,3,6)(H,4,5)/p-1. The van der Waals surface area contributed by atoms with Gasteiger partial charge >= 0.3 is 0 Å². The summed E-state index contributed by atoms with van der Waals surface area (Å²) in [7, 11) is 0. The average Bonchev–Trinajstić information content (AvgIpc) is 1.27. The van der Waals surface area contributed by atoms with Crippen molar-refractivity contribution in [3.63, 3.8) is 0 Å². The minimum atomic E-state index is -2.24. The summed E-state index contributed by atoms with van der Waals surface area (Å²) in [5.41, 5.74) is 0. The summed E-state index contributed by atoms with van der Waals surface area (Å²) >= 11 is 2.13. The van der Waals surface area contributed by atoms with Gasteiger partial charge in [-0.25, -0.2) is 0 Å². The smallest absolute Gasteiger partial charge is 0.0830 e. The lowest BCUT2D eigenvalue weighted by atomic mass is 10.8. The third kappa shape index (κ3) is 6.00. The number of hydrogen-bond acceptors (Lipinski definition) is 3. The highest BCUT2D eigenvalue weighted by atomic mass is 32.2. The van der Waals surface area contributed by atoms with Gasteiger partial charge < -0.3 is 9.27 Å². The summed E-state index contributed by atoms with van der Waals surface area (Å²) in [6.45, 7) is 1.49. The van der Waals surface area contributed by atoms with Crippen molar-refractivity contribution in [3.05, 3.63) is 0 Å². The summed E-state index contributed by atoms with van der Waals surface area (Å²) in [5.74, 6) is 0. The monoisotopic (exact) mass is 138 g/mol. The van der Waals surface area contributed by atoms with E-state index in [2.05, 4.69) is 12.2 Å². The Hall–Kier alpha value is -0.0000000000000000486. The summed E-state index contributed by atoms with van der Waals surface area (Å²) in [5, 5.41) is 0. The van der Waals surface area contributed by atoms with Crippen LogP contribution in [0, 0.1) is 0 Å². The molecule has 7 heavy (non-hydrogen) atoms. The van der Waals surface area contributed by atoms with E-state index < -0.39 is 11.3 Å². The van der Waals surface area contributed by atoms with Crippen LogP contribution in [-0.4, -0.2) is 13.8 Å². The molecule has 0 aliphatic carbocycles. The maximum atomic E-state index is 9.61. The lowest BCUT2D eigenvalue weighted by Crippen LogP contribution is -2.19. The molecule has 0 rings (SSSR count). The van der Waals surface area contributed by atoms with E-state index in [1.165, 1.54) is 6.92 Å². The van der Waals surface area contributed by atoms with Crippen LogP contribution in [0.2, 0.25) is 0 Å². The molecule has 0 aromatic rings. The zero-order valence-corrected chi connectivity index (χ0v) is 5.27. The topological polar surface area (TPSA) is 52.2 Å². The van der Waals surface area contributed by atoms with Gasteiger partial charge in [-0.15, -0.1) is 0 Å². The van der Waals surface area contributed by atoms with Crippen LogP contribution < -0.4 is 4.72 Å². The van der Waals surface area contributed by atoms with Gasteiger partial charge in [-0.3, -0.25) is 4.21 Å². The first-order chi connectivity index (χ1) is 3.13. The first-order valence-electron chi connectivity index (χ1n) is 1.49. The second kappa shape index (κ2) is 3.06. The van der Waals surface area contributed by atoms with Crippen molar-refractivity contribution in [1.29, 1.82) is 0 Å². The van der Waals surface area contributed by atoms with Crippen LogP contribution in [0.3, 0.4) is 0 Å². The van der Waals surface area contributed by atoms with E-state index in [1.54, 1.807) is 0 Å². The Bertz CT molecular complexity index is 89.9. The van der Waals surface area contributed by atoms with Crippen LogP contribution in [0.5, 0.6) is 0 Å². The van der Waals surface area contributed by atoms with Gasteiger partial charge in [-0.05, 0) is 6.92 Å². The summed E-state index contributed by atoms with van der Waals surface area (Å²) < 4.78 is 21.2. The van der Waals surface area contributed by atoms with Gasteiger partial charge in [0.05, 0.1) is 4.99 Å². The molecule has 3 nitrogen and oxygen atoms in total. The Morgan fingerprint density at radius 2 is 2.43 bits per heavy atom. The fourth-order valence-corrected chi connectivity index (χ4v) is 0.556. The predicted octanol–water partition coefficient (Wildman–Crippen LogP) is -0.283. The van der Waals surface area contributed by atoms with E-state index in [0.29, 0.717) is 0 Å². The highest BCUT2D eigenvalue weighted by Gasteiger charge is 1.78. The van der Waals surface area contributed by atoms with Gasteiger partial charge in [0.2, 0.25) is 0 Å². The quantitative estimate of drug-likeness (QED) is 0.400. The van der Waals surface area contributed by atoms with Crippen LogP contribution in [0.1, 0.15) is 6.92 Å². The van der Waals surface area contributed by atoms with Crippen molar-refractivity contribution in [1.82, 2.24) is 4.72 Å². The molecule has 0 saturated heterocycles. The Balaban J connectivity index is 3.32. The first-order valence-corrected chi connectivity index (χ1v) is 2.97. The SMILES string of the molecule is CC(=S)NS(=O)[O-]. The predicted molar refractivity (Wildman–Crippen MR) is 30.3 cm³/mol. The Morgan fingerprint density at radius 3 is 2.43 bits per heavy atom. The molecule has 0 aliphatic rings. The van der Waals surface area contributed by atoms with Crippen LogP contribution in [0.15, 0.2) is 0 Å². The lowest BCUT2D eigenvalue weighted by Gasteiger charge is -2.03. The molecule has 42 valence electrons.